The van der Waals surface area contributed by atoms with Crippen molar-refractivity contribution in [2.24, 2.45) is 0 Å². The molecule has 0 saturated heterocycles. The topological polar surface area (TPSA) is 52.7 Å². The molecule has 0 aliphatic heterocycles. The summed E-state index contributed by atoms with van der Waals surface area (Å²) in [6.07, 6.45) is 0. The lowest BCUT2D eigenvalue weighted by atomic mass is 9.98. The number of rotatable bonds is 8. The van der Waals surface area contributed by atoms with E-state index in [9.17, 15) is 4.79 Å². The summed E-state index contributed by atoms with van der Waals surface area (Å²) in [7, 11) is 0. The number of fused-ring (bicyclic) bond motifs is 6. The van der Waals surface area contributed by atoms with Crippen LogP contribution < -0.4 is 0 Å². The smallest absolute Gasteiger partial charge is 0.235 e. The first kappa shape index (κ1) is 37.1. The molecule has 12 rings (SSSR count). The van der Waals surface area contributed by atoms with Crippen LogP contribution in [-0.4, -0.2) is 24.9 Å². The van der Waals surface area contributed by atoms with Crippen LogP contribution in [0.4, 0.5) is 0 Å². The molecule has 300 valence electrons. The minimum Gasteiger partial charge on any atom is -0.309 e. The number of carbonyl (C=O) groups is 1. The fourth-order valence-electron chi connectivity index (χ4n) is 9.22. The van der Waals surface area contributed by atoms with E-state index in [1.54, 1.807) is 0 Å². The predicted molar refractivity (Wildman–Crippen MR) is 262 cm³/mol. The van der Waals surface area contributed by atoms with Crippen molar-refractivity contribution in [1.82, 2.24) is 19.1 Å². The second kappa shape index (κ2) is 15.4. The summed E-state index contributed by atoms with van der Waals surface area (Å²) in [6, 6.07) is 79.5. The number of aromatic nitrogens is 4. The van der Waals surface area contributed by atoms with Crippen LogP contribution in [-0.2, 0) is 0 Å². The fourth-order valence-corrected chi connectivity index (χ4v) is 9.22. The van der Waals surface area contributed by atoms with E-state index in [0.29, 0.717) is 17.1 Å². The SMILES string of the molecule is O=C(c1ccccc1)c1ccc(-c2cc(-c3ccccc3)nc(-n3c4ccccc4c4cc(-c5ccc(-c6ccc7c(c6)c6ccccc6n7-c6ccccc6)cc5)ccc43)n2)cc1. The van der Waals surface area contributed by atoms with E-state index in [1.807, 2.05) is 78.9 Å². The third-order valence-electron chi connectivity index (χ3n) is 12.4. The maximum Gasteiger partial charge on any atom is 0.235 e. The highest BCUT2D eigenvalue weighted by molar-refractivity contribution is 6.12. The van der Waals surface area contributed by atoms with Crippen LogP contribution in [0.5, 0.6) is 0 Å². The van der Waals surface area contributed by atoms with Crippen LogP contribution in [0.1, 0.15) is 15.9 Å². The van der Waals surface area contributed by atoms with Crippen molar-refractivity contribution in [2.45, 2.75) is 0 Å². The molecule has 0 fully saturated rings. The molecular weight excluding hydrogens is 781 g/mol. The molecule has 0 bridgehead atoms. The first-order valence-corrected chi connectivity index (χ1v) is 21.5. The van der Waals surface area contributed by atoms with Crippen LogP contribution >= 0.6 is 0 Å². The molecule has 12 aromatic rings. The van der Waals surface area contributed by atoms with Crippen molar-refractivity contribution in [2.75, 3.05) is 0 Å². The van der Waals surface area contributed by atoms with Gasteiger partial charge in [-0.2, -0.15) is 0 Å². The lowest BCUT2D eigenvalue weighted by Crippen LogP contribution is -2.04. The number of nitrogens with zero attached hydrogens (tertiary/aromatic N) is 4. The first-order valence-electron chi connectivity index (χ1n) is 21.5. The monoisotopic (exact) mass is 818 g/mol. The zero-order chi connectivity index (χ0) is 42.6. The maximum atomic E-state index is 13.3. The Kier molecular flexibility index (Phi) is 8.90. The third kappa shape index (κ3) is 6.38. The highest BCUT2D eigenvalue weighted by Gasteiger charge is 2.19. The summed E-state index contributed by atoms with van der Waals surface area (Å²) in [6.45, 7) is 0. The fraction of sp³-hybridized carbons (Fsp3) is 0. The van der Waals surface area contributed by atoms with Gasteiger partial charge >= 0.3 is 0 Å². The van der Waals surface area contributed by atoms with E-state index < -0.39 is 0 Å². The molecule has 3 heterocycles. The molecule has 0 radical (unpaired) electrons. The average molecular weight is 819 g/mol. The van der Waals surface area contributed by atoms with E-state index >= 15 is 0 Å². The summed E-state index contributed by atoms with van der Waals surface area (Å²) in [5.41, 5.74) is 15.0. The normalized spacial score (nSPS) is 11.5. The molecule has 64 heavy (non-hydrogen) atoms. The molecule has 0 spiro atoms. The van der Waals surface area contributed by atoms with Gasteiger partial charge in [0.05, 0.1) is 33.5 Å². The molecule has 0 atom stereocenters. The third-order valence-corrected chi connectivity index (χ3v) is 12.4. The minimum atomic E-state index is -0.0115. The molecule has 5 heteroatoms. The maximum absolute atomic E-state index is 13.3. The highest BCUT2D eigenvalue weighted by Crippen LogP contribution is 2.38. The van der Waals surface area contributed by atoms with Crippen molar-refractivity contribution >= 4 is 49.4 Å². The number of hydrogen-bond acceptors (Lipinski definition) is 3. The van der Waals surface area contributed by atoms with Gasteiger partial charge in [-0.05, 0) is 76.9 Å². The zero-order valence-corrected chi connectivity index (χ0v) is 34.6. The van der Waals surface area contributed by atoms with Crippen molar-refractivity contribution in [3.8, 4) is 56.4 Å². The van der Waals surface area contributed by atoms with E-state index in [0.717, 1.165) is 61.1 Å². The Bertz CT molecular complexity index is 3700. The summed E-state index contributed by atoms with van der Waals surface area (Å²) in [5.74, 6) is 0.565. The van der Waals surface area contributed by atoms with Crippen molar-refractivity contribution in [1.29, 1.82) is 0 Å². The van der Waals surface area contributed by atoms with Gasteiger partial charge in [-0.15, -0.1) is 0 Å². The number of benzene rings is 9. The molecule has 0 amide bonds. The second-order valence-electron chi connectivity index (χ2n) is 16.2. The van der Waals surface area contributed by atoms with Crippen molar-refractivity contribution in [3.63, 3.8) is 0 Å². The lowest BCUT2D eigenvalue weighted by Gasteiger charge is -2.12. The first-order chi connectivity index (χ1) is 31.6. The van der Waals surface area contributed by atoms with Gasteiger partial charge in [-0.1, -0.05) is 176 Å². The molecule has 0 unspecified atom stereocenters. The number of hydrogen-bond donors (Lipinski definition) is 0. The van der Waals surface area contributed by atoms with E-state index in [4.69, 9.17) is 9.97 Å². The van der Waals surface area contributed by atoms with Crippen LogP contribution in [0, 0.1) is 0 Å². The molecule has 5 nitrogen and oxygen atoms in total. The molecule has 0 N–H and O–H groups in total. The van der Waals surface area contributed by atoms with Crippen molar-refractivity contribution in [3.05, 3.63) is 242 Å². The predicted octanol–water partition coefficient (Wildman–Crippen LogP) is 14.6. The Morgan fingerprint density at radius 2 is 0.719 bits per heavy atom. The molecule has 0 aliphatic rings. The van der Waals surface area contributed by atoms with Gasteiger partial charge in [0.1, 0.15) is 0 Å². The Labute approximate surface area is 369 Å². The second-order valence-corrected chi connectivity index (χ2v) is 16.2. The van der Waals surface area contributed by atoms with Crippen LogP contribution in [0.25, 0.3) is 100 Å². The molecule has 0 aliphatic carbocycles. The lowest BCUT2D eigenvalue weighted by molar-refractivity contribution is 0.103. The van der Waals surface area contributed by atoms with Gasteiger partial charge in [0, 0.05) is 49.5 Å². The summed E-state index contributed by atoms with van der Waals surface area (Å²) in [4.78, 5) is 23.7. The van der Waals surface area contributed by atoms with Gasteiger partial charge < -0.3 is 4.57 Å². The van der Waals surface area contributed by atoms with Gasteiger partial charge in [-0.3, -0.25) is 9.36 Å². The zero-order valence-electron chi connectivity index (χ0n) is 34.6. The van der Waals surface area contributed by atoms with Crippen LogP contribution in [0.2, 0.25) is 0 Å². The summed E-state index contributed by atoms with van der Waals surface area (Å²) >= 11 is 0. The van der Waals surface area contributed by atoms with Gasteiger partial charge in [0.2, 0.25) is 5.95 Å². The highest BCUT2D eigenvalue weighted by atomic mass is 16.1. The Morgan fingerprint density at radius 3 is 1.30 bits per heavy atom. The molecule has 0 saturated carbocycles. The van der Waals surface area contributed by atoms with E-state index in [1.165, 1.54) is 32.9 Å². The summed E-state index contributed by atoms with van der Waals surface area (Å²) < 4.78 is 4.53. The van der Waals surface area contributed by atoms with E-state index in [2.05, 4.69) is 161 Å². The molecule has 9 aromatic carbocycles. The largest absolute Gasteiger partial charge is 0.309 e. The minimum absolute atomic E-state index is 0.0115. The van der Waals surface area contributed by atoms with Crippen LogP contribution in [0.15, 0.2) is 231 Å². The van der Waals surface area contributed by atoms with Crippen LogP contribution in [0.3, 0.4) is 0 Å². The number of ketones is 1. The summed E-state index contributed by atoms with van der Waals surface area (Å²) in [5, 5.41) is 4.72. The number of para-hydroxylation sites is 3. The van der Waals surface area contributed by atoms with Gasteiger partial charge in [0.15, 0.2) is 5.78 Å². The Hall–Kier alpha value is -8.67. The quantitative estimate of drug-likeness (QED) is 0.144. The van der Waals surface area contributed by atoms with E-state index in [-0.39, 0.29) is 5.78 Å². The Morgan fingerprint density at radius 1 is 0.312 bits per heavy atom. The molecule has 3 aromatic heterocycles. The van der Waals surface area contributed by atoms with Gasteiger partial charge in [-0.25, -0.2) is 9.97 Å². The number of carbonyl (C=O) groups excluding carboxylic acids is 1. The van der Waals surface area contributed by atoms with Gasteiger partial charge in [0.25, 0.3) is 0 Å². The van der Waals surface area contributed by atoms with Crippen molar-refractivity contribution < 1.29 is 4.79 Å². The molecular formula is C59H38N4O. The standard InChI is InChI=1S/C59H38N4O/c64-58(43-16-6-2-7-17-43)44-30-28-42(29-31-44)53-38-52(41-14-4-1-5-15-41)60-59(61-53)63-55-23-13-11-21-49(55)51-37-46(33-35-57(51)63)40-26-24-39(25-27-40)45-32-34-56-50(36-45)48-20-10-12-22-54(48)62(56)47-18-8-3-9-19-47/h1-38H. The Balaban J connectivity index is 0.923. The average Bonchev–Trinajstić information content (AvgIpc) is 3.89.